The molecule has 1 fully saturated rings. The molecule has 2 heterocycles. The molecule has 0 bridgehead atoms. The standard InChI is InChI=1S/C13H19NO5S/c1-8-4-9(2)7-14(6-8)20(17,18)12-5-11(13(15)16)19-10(12)3/h5,8-9H,4,6-7H2,1-3H3,(H,15,16). The molecular weight excluding hydrogens is 282 g/mol. The minimum absolute atomic E-state index is 0.0452. The Labute approximate surface area is 118 Å². The quantitative estimate of drug-likeness (QED) is 0.922. The van der Waals surface area contributed by atoms with Crippen molar-refractivity contribution in [2.24, 2.45) is 11.8 Å². The summed E-state index contributed by atoms with van der Waals surface area (Å²) in [4.78, 5) is 10.8. The highest BCUT2D eigenvalue weighted by Crippen LogP contribution is 2.29. The summed E-state index contributed by atoms with van der Waals surface area (Å²) in [6.45, 7) is 6.42. The highest BCUT2D eigenvalue weighted by molar-refractivity contribution is 7.89. The summed E-state index contributed by atoms with van der Waals surface area (Å²) in [5.74, 6) is -0.915. The van der Waals surface area contributed by atoms with Gasteiger partial charge < -0.3 is 9.52 Å². The molecule has 0 saturated carbocycles. The van der Waals surface area contributed by atoms with Crippen LogP contribution in [0.3, 0.4) is 0 Å². The number of sulfonamides is 1. The second-order valence-electron chi connectivity index (χ2n) is 5.60. The van der Waals surface area contributed by atoms with Gasteiger partial charge in [0.25, 0.3) is 0 Å². The topological polar surface area (TPSA) is 87.8 Å². The van der Waals surface area contributed by atoms with Crippen LogP contribution in [-0.4, -0.2) is 36.9 Å². The lowest BCUT2D eigenvalue weighted by Gasteiger charge is -2.33. The third-order valence-electron chi connectivity index (χ3n) is 3.54. The Balaban J connectivity index is 2.37. The Hall–Kier alpha value is -1.34. The molecule has 7 heteroatoms. The Kier molecular flexibility index (Phi) is 3.93. The number of piperidine rings is 1. The van der Waals surface area contributed by atoms with Gasteiger partial charge in [0, 0.05) is 19.2 Å². The van der Waals surface area contributed by atoms with E-state index in [0.717, 1.165) is 12.5 Å². The third-order valence-corrected chi connectivity index (χ3v) is 5.48. The maximum absolute atomic E-state index is 12.6. The van der Waals surface area contributed by atoms with Crippen molar-refractivity contribution in [2.45, 2.75) is 32.1 Å². The van der Waals surface area contributed by atoms with Gasteiger partial charge in [-0.25, -0.2) is 13.2 Å². The van der Waals surface area contributed by atoms with Gasteiger partial charge in [-0.2, -0.15) is 4.31 Å². The van der Waals surface area contributed by atoms with Crippen LogP contribution in [0.15, 0.2) is 15.4 Å². The van der Waals surface area contributed by atoms with Gasteiger partial charge in [-0.15, -0.1) is 0 Å². The van der Waals surface area contributed by atoms with Gasteiger partial charge in [-0.3, -0.25) is 0 Å². The van der Waals surface area contributed by atoms with Crippen LogP contribution in [-0.2, 0) is 10.0 Å². The monoisotopic (exact) mass is 301 g/mol. The predicted octanol–water partition coefficient (Wildman–Crippen LogP) is 1.95. The summed E-state index contributed by atoms with van der Waals surface area (Å²) in [6, 6.07) is 1.09. The molecular formula is C13H19NO5S. The third kappa shape index (κ3) is 2.73. The fraction of sp³-hybridized carbons (Fsp3) is 0.615. The van der Waals surface area contributed by atoms with Crippen LogP contribution < -0.4 is 0 Å². The lowest BCUT2D eigenvalue weighted by molar-refractivity contribution is 0.0661. The minimum Gasteiger partial charge on any atom is -0.475 e. The number of nitrogens with zero attached hydrogens (tertiary/aromatic N) is 1. The smallest absolute Gasteiger partial charge is 0.371 e. The first-order valence-corrected chi connectivity index (χ1v) is 7.99. The average Bonchev–Trinajstić information content (AvgIpc) is 2.71. The van der Waals surface area contributed by atoms with E-state index < -0.39 is 16.0 Å². The zero-order valence-electron chi connectivity index (χ0n) is 11.8. The second-order valence-corrected chi connectivity index (χ2v) is 7.51. The molecule has 1 aromatic rings. The Bertz CT molecular complexity index is 609. The number of hydrogen-bond donors (Lipinski definition) is 1. The maximum atomic E-state index is 12.6. The van der Waals surface area contributed by atoms with Crippen LogP contribution in [0.1, 0.15) is 36.6 Å². The van der Waals surface area contributed by atoms with E-state index in [-0.39, 0.29) is 16.4 Å². The zero-order chi connectivity index (χ0) is 15.1. The maximum Gasteiger partial charge on any atom is 0.371 e. The van der Waals surface area contributed by atoms with E-state index in [9.17, 15) is 13.2 Å². The number of carboxylic acids is 1. The van der Waals surface area contributed by atoms with Crippen LogP contribution in [0, 0.1) is 18.8 Å². The van der Waals surface area contributed by atoms with Crippen molar-refractivity contribution in [1.29, 1.82) is 0 Å². The number of carbonyl (C=O) groups is 1. The molecule has 0 spiro atoms. The molecule has 0 aliphatic carbocycles. The normalized spacial score (nSPS) is 24.8. The van der Waals surface area contributed by atoms with E-state index in [1.54, 1.807) is 0 Å². The zero-order valence-corrected chi connectivity index (χ0v) is 12.6. The van der Waals surface area contributed by atoms with Crippen LogP contribution >= 0.6 is 0 Å². The van der Waals surface area contributed by atoms with Gasteiger partial charge in [-0.1, -0.05) is 13.8 Å². The van der Waals surface area contributed by atoms with Crippen LogP contribution in [0.25, 0.3) is 0 Å². The lowest BCUT2D eigenvalue weighted by atomic mass is 9.94. The van der Waals surface area contributed by atoms with Gasteiger partial charge in [0.2, 0.25) is 15.8 Å². The summed E-state index contributed by atoms with van der Waals surface area (Å²) in [6.07, 6.45) is 0.997. The van der Waals surface area contributed by atoms with E-state index >= 15 is 0 Å². The first-order chi connectivity index (χ1) is 9.21. The van der Waals surface area contributed by atoms with E-state index in [1.807, 2.05) is 13.8 Å². The predicted molar refractivity (Wildman–Crippen MR) is 72.1 cm³/mol. The van der Waals surface area contributed by atoms with Crippen molar-refractivity contribution in [3.05, 3.63) is 17.6 Å². The molecule has 112 valence electrons. The van der Waals surface area contributed by atoms with Crippen LogP contribution in [0.5, 0.6) is 0 Å². The molecule has 2 unspecified atom stereocenters. The number of carboxylic acid groups (broad SMARTS) is 1. The summed E-state index contributed by atoms with van der Waals surface area (Å²) >= 11 is 0. The first kappa shape index (κ1) is 15.1. The van der Waals surface area contributed by atoms with E-state index in [1.165, 1.54) is 11.2 Å². The fourth-order valence-electron chi connectivity index (χ4n) is 2.77. The number of aromatic carboxylic acids is 1. The van der Waals surface area contributed by atoms with Crippen molar-refractivity contribution in [2.75, 3.05) is 13.1 Å². The minimum atomic E-state index is -3.69. The molecule has 1 aliphatic heterocycles. The van der Waals surface area contributed by atoms with E-state index in [2.05, 4.69) is 0 Å². The average molecular weight is 301 g/mol. The number of rotatable bonds is 3. The molecule has 0 amide bonds. The highest BCUT2D eigenvalue weighted by atomic mass is 32.2. The molecule has 1 aromatic heterocycles. The number of hydrogen-bond acceptors (Lipinski definition) is 4. The number of furan rings is 1. The largest absolute Gasteiger partial charge is 0.475 e. The van der Waals surface area contributed by atoms with Crippen LogP contribution in [0.2, 0.25) is 0 Å². The van der Waals surface area contributed by atoms with E-state index in [0.29, 0.717) is 24.9 Å². The molecule has 2 rings (SSSR count). The lowest BCUT2D eigenvalue weighted by Crippen LogP contribution is -2.42. The van der Waals surface area contributed by atoms with Crippen LogP contribution in [0.4, 0.5) is 0 Å². The Morgan fingerprint density at radius 1 is 1.35 bits per heavy atom. The molecule has 1 saturated heterocycles. The molecule has 6 nitrogen and oxygen atoms in total. The Morgan fingerprint density at radius 3 is 2.35 bits per heavy atom. The summed E-state index contributed by atoms with van der Waals surface area (Å²) in [7, 11) is -3.69. The molecule has 2 atom stereocenters. The van der Waals surface area contributed by atoms with Gasteiger partial charge >= 0.3 is 5.97 Å². The molecule has 0 radical (unpaired) electrons. The van der Waals surface area contributed by atoms with Gasteiger partial charge in [0.15, 0.2) is 0 Å². The molecule has 20 heavy (non-hydrogen) atoms. The van der Waals surface area contributed by atoms with Crippen molar-refractivity contribution in [3.8, 4) is 0 Å². The summed E-state index contributed by atoms with van der Waals surface area (Å²) < 4.78 is 31.6. The van der Waals surface area contributed by atoms with Crippen molar-refractivity contribution < 1.29 is 22.7 Å². The van der Waals surface area contributed by atoms with E-state index in [4.69, 9.17) is 9.52 Å². The van der Waals surface area contributed by atoms with Gasteiger partial charge in [-0.05, 0) is 25.2 Å². The summed E-state index contributed by atoms with van der Waals surface area (Å²) in [5, 5.41) is 8.88. The molecule has 1 aliphatic rings. The van der Waals surface area contributed by atoms with Crippen molar-refractivity contribution in [1.82, 2.24) is 4.31 Å². The number of aryl methyl sites for hydroxylation is 1. The summed E-state index contributed by atoms with van der Waals surface area (Å²) in [5.41, 5.74) is 0. The first-order valence-electron chi connectivity index (χ1n) is 6.55. The SMILES string of the molecule is Cc1oc(C(=O)O)cc1S(=O)(=O)N1CC(C)CC(C)C1. The van der Waals surface area contributed by atoms with Crippen molar-refractivity contribution >= 4 is 16.0 Å². The fourth-order valence-corrected chi connectivity index (χ4v) is 4.61. The van der Waals surface area contributed by atoms with Crippen molar-refractivity contribution in [3.63, 3.8) is 0 Å². The van der Waals surface area contributed by atoms with Gasteiger partial charge in [0.05, 0.1) is 0 Å². The Morgan fingerprint density at radius 2 is 1.90 bits per heavy atom. The van der Waals surface area contributed by atoms with Gasteiger partial charge in [0.1, 0.15) is 10.7 Å². The molecule has 0 aromatic carbocycles. The second kappa shape index (κ2) is 5.21. The molecule has 1 N–H and O–H groups in total. The highest BCUT2D eigenvalue weighted by Gasteiger charge is 2.34.